The summed E-state index contributed by atoms with van der Waals surface area (Å²) < 4.78 is 16.8. The normalized spacial score (nSPS) is 13.8. The van der Waals surface area contributed by atoms with E-state index in [2.05, 4.69) is 25.2 Å². The topological polar surface area (TPSA) is 39.7 Å². The highest BCUT2D eigenvalue weighted by Crippen LogP contribution is 2.33. The minimum absolute atomic E-state index is 0.330. The van der Waals surface area contributed by atoms with E-state index in [0.29, 0.717) is 19.3 Å². The highest BCUT2D eigenvalue weighted by molar-refractivity contribution is 5.47. The largest absolute Gasteiger partial charge is 0.486 e. The lowest BCUT2D eigenvalue weighted by Gasteiger charge is -2.21. The molecule has 0 bridgehead atoms. The number of fused-ring (bicyclic) bond motifs is 1. The van der Waals surface area contributed by atoms with Gasteiger partial charge in [0, 0.05) is 18.7 Å². The molecule has 4 nitrogen and oxygen atoms in total. The first-order valence-corrected chi connectivity index (χ1v) is 7.47. The van der Waals surface area contributed by atoms with Gasteiger partial charge >= 0.3 is 0 Å². The van der Waals surface area contributed by atoms with Gasteiger partial charge in [0.25, 0.3) is 0 Å². The van der Waals surface area contributed by atoms with Crippen molar-refractivity contribution in [3.63, 3.8) is 0 Å². The Morgan fingerprint density at radius 1 is 1.20 bits per heavy atom. The van der Waals surface area contributed by atoms with Gasteiger partial charge in [0.1, 0.15) is 13.2 Å². The van der Waals surface area contributed by atoms with Crippen LogP contribution in [0.5, 0.6) is 11.5 Å². The lowest BCUT2D eigenvalue weighted by Crippen LogP contribution is -2.20. The standard InChI is InChI=1S/C16H25NO3/c1-13(2)18-9-4-3-8-17-12-14-6-5-7-15-16(14)20-11-10-19-15/h5-7,13,17H,3-4,8-12H2,1-2H3. The summed E-state index contributed by atoms with van der Waals surface area (Å²) in [6.45, 7) is 8.06. The molecule has 112 valence electrons. The van der Waals surface area contributed by atoms with Crippen LogP contribution < -0.4 is 14.8 Å². The van der Waals surface area contributed by atoms with Crippen LogP contribution in [0.25, 0.3) is 0 Å². The number of hydrogen-bond acceptors (Lipinski definition) is 4. The van der Waals surface area contributed by atoms with E-state index in [1.807, 2.05) is 12.1 Å². The first kappa shape index (κ1) is 15.1. The zero-order valence-electron chi connectivity index (χ0n) is 12.5. The molecule has 4 heteroatoms. The number of rotatable bonds is 8. The number of benzene rings is 1. The second-order valence-electron chi connectivity index (χ2n) is 5.24. The van der Waals surface area contributed by atoms with Crippen molar-refractivity contribution in [2.45, 2.75) is 39.3 Å². The molecule has 1 aliphatic heterocycles. The van der Waals surface area contributed by atoms with E-state index in [-0.39, 0.29) is 0 Å². The van der Waals surface area contributed by atoms with Crippen molar-refractivity contribution in [1.29, 1.82) is 0 Å². The summed E-state index contributed by atoms with van der Waals surface area (Å²) in [5.41, 5.74) is 1.17. The second kappa shape index (κ2) is 8.12. The van der Waals surface area contributed by atoms with Gasteiger partial charge in [-0.1, -0.05) is 12.1 Å². The lowest BCUT2D eigenvalue weighted by atomic mass is 10.1. The third kappa shape index (κ3) is 4.69. The van der Waals surface area contributed by atoms with Gasteiger partial charge < -0.3 is 19.5 Å². The van der Waals surface area contributed by atoms with Gasteiger partial charge in [-0.25, -0.2) is 0 Å². The maximum absolute atomic E-state index is 5.69. The molecule has 0 amide bonds. The van der Waals surface area contributed by atoms with Crippen molar-refractivity contribution in [1.82, 2.24) is 5.32 Å². The molecule has 0 fully saturated rings. The number of ether oxygens (including phenoxy) is 3. The van der Waals surface area contributed by atoms with E-state index in [4.69, 9.17) is 14.2 Å². The van der Waals surface area contributed by atoms with E-state index in [1.165, 1.54) is 5.56 Å². The zero-order valence-corrected chi connectivity index (χ0v) is 12.5. The Kier molecular flexibility index (Phi) is 6.15. The average molecular weight is 279 g/mol. The molecule has 0 atom stereocenters. The summed E-state index contributed by atoms with van der Waals surface area (Å²) in [5, 5.41) is 3.45. The fourth-order valence-electron chi connectivity index (χ4n) is 2.17. The lowest BCUT2D eigenvalue weighted by molar-refractivity contribution is 0.0760. The van der Waals surface area contributed by atoms with Crippen molar-refractivity contribution in [3.8, 4) is 11.5 Å². The predicted octanol–water partition coefficient (Wildman–Crippen LogP) is 2.75. The number of nitrogens with one attached hydrogen (secondary N) is 1. The van der Waals surface area contributed by atoms with Crippen LogP contribution in [-0.2, 0) is 11.3 Å². The molecule has 0 saturated heterocycles. The van der Waals surface area contributed by atoms with Crippen molar-refractivity contribution in [3.05, 3.63) is 23.8 Å². The van der Waals surface area contributed by atoms with E-state index in [1.54, 1.807) is 0 Å². The summed E-state index contributed by atoms with van der Waals surface area (Å²) in [6.07, 6.45) is 2.55. The number of unbranched alkanes of at least 4 members (excludes halogenated alkanes) is 1. The Hall–Kier alpha value is -1.26. The predicted molar refractivity (Wildman–Crippen MR) is 79.5 cm³/mol. The second-order valence-corrected chi connectivity index (χ2v) is 5.24. The summed E-state index contributed by atoms with van der Waals surface area (Å²) in [5.74, 6) is 1.76. The molecule has 1 heterocycles. The van der Waals surface area contributed by atoms with Crippen LogP contribution in [0.15, 0.2) is 18.2 Å². The van der Waals surface area contributed by atoms with Crippen LogP contribution in [0.3, 0.4) is 0 Å². The summed E-state index contributed by atoms with van der Waals surface area (Å²) in [6, 6.07) is 6.06. The van der Waals surface area contributed by atoms with Crippen LogP contribution >= 0.6 is 0 Å². The van der Waals surface area contributed by atoms with E-state index >= 15 is 0 Å². The summed E-state index contributed by atoms with van der Waals surface area (Å²) in [4.78, 5) is 0. The van der Waals surface area contributed by atoms with Crippen LogP contribution in [0.4, 0.5) is 0 Å². The quantitative estimate of drug-likeness (QED) is 0.743. The minimum Gasteiger partial charge on any atom is -0.486 e. The maximum Gasteiger partial charge on any atom is 0.165 e. The molecule has 1 aromatic rings. The summed E-state index contributed by atoms with van der Waals surface area (Å²) in [7, 11) is 0. The zero-order chi connectivity index (χ0) is 14.2. The smallest absolute Gasteiger partial charge is 0.165 e. The van der Waals surface area contributed by atoms with E-state index < -0.39 is 0 Å². The molecule has 0 aliphatic carbocycles. The van der Waals surface area contributed by atoms with Crippen molar-refractivity contribution >= 4 is 0 Å². The molecule has 1 aromatic carbocycles. The molecule has 1 N–H and O–H groups in total. The van der Waals surface area contributed by atoms with Crippen molar-refractivity contribution in [2.75, 3.05) is 26.4 Å². The van der Waals surface area contributed by atoms with Crippen LogP contribution in [0.1, 0.15) is 32.3 Å². The SMILES string of the molecule is CC(C)OCCCCNCc1cccc2c1OCCO2. The van der Waals surface area contributed by atoms with Crippen LogP contribution in [-0.4, -0.2) is 32.5 Å². The molecule has 0 saturated carbocycles. The van der Waals surface area contributed by atoms with Gasteiger partial charge in [-0.3, -0.25) is 0 Å². The Labute approximate surface area is 121 Å². The van der Waals surface area contributed by atoms with Crippen molar-refractivity contribution < 1.29 is 14.2 Å². The number of para-hydroxylation sites is 1. The first-order chi connectivity index (χ1) is 9.77. The molecule has 0 unspecified atom stereocenters. The Balaban J connectivity index is 1.67. The molecular formula is C16H25NO3. The van der Waals surface area contributed by atoms with Gasteiger partial charge in [-0.05, 0) is 39.3 Å². The third-order valence-corrected chi connectivity index (χ3v) is 3.16. The van der Waals surface area contributed by atoms with E-state index in [0.717, 1.165) is 44.0 Å². The van der Waals surface area contributed by atoms with Crippen LogP contribution in [0.2, 0.25) is 0 Å². The molecule has 2 rings (SSSR count). The molecular weight excluding hydrogens is 254 g/mol. The van der Waals surface area contributed by atoms with Crippen molar-refractivity contribution in [2.24, 2.45) is 0 Å². The van der Waals surface area contributed by atoms with Gasteiger partial charge in [0.05, 0.1) is 6.10 Å². The van der Waals surface area contributed by atoms with Gasteiger partial charge in [0.15, 0.2) is 11.5 Å². The molecule has 0 spiro atoms. The Morgan fingerprint density at radius 3 is 2.90 bits per heavy atom. The van der Waals surface area contributed by atoms with E-state index in [9.17, 15) is 0 Å². The minimum atomic E-state index is 0.330. The summed E-state index contributed by atoms with van der Waals surface area (Å²) >= 11 is 0. The molecule has 0 aromatic heterocycles. The highest BCUT2D eigenvalue weighted by atomic mass is 16.6. The van der Waals surface area contributed by atoms with Crippen LogP contribution in [0, 0.1) is 0 Å². The Bertz CT molecular complexity index is 407. The maximum atomic E-state index is 5.69. The Morgan fingerprint density at radius 2 is 2.05 bits per heavy atom. The average Bonchev–Trinajstić information content (AvgIpc) is 2.46. The number of hydrogen-bond donors (Lipinski definition) is 1. The first-order valence-electron chi connectivity index (χ1n) is 7.47. The monoisotopic (exact) mass is 279 g/mol. The highest BCUT2D eigenvalue weighted by Gasteiger charge is 2.14. The molecule has 0 radical (unpaired) electrons. The van der Waals surface area contributed by atoms with Gasteiger partial charge in [-0.2, -0.15) is 0 Å². The van der Waals surface area contributed by atoms with Gasteiger partial charge in [-0.15, -0.1) is 0 Å². The molecule has 1 aliphatic rings. The van der Waals surface area contributed by atoms with Gasteiger partial charge in [0.2, 0.25) is 0 Å². The fraction of sp³-hybridized carbons (Fsp3) is 0.625. The fourth-order valence-corrected chi connectivity index (χ4v) is 2.17. The third-order valence-electron chi connectivity index (χ3n) is 3.16. The molecule has 20 heavy (non-hydrogen) atoms.